The molecular formula is C28H23N3O3. The van der Waals surface area contributed by atoms with Crippen molar-refractivity contribution < 1.29 is 14.4 Å². The summed E-state index contributed by atoms with van der Waals surface area (Å²) in [5.41, 5.74) is 5.03. The van der Waals surface area contributed by atoms with Crippen molar-refractivity contribution in [2.45, 2.75) is 20.4 Å². The molecule has 6 nitrogen and oxygen atoms in total. The number of nitrogens with zero attached hydrogens (tertiary/aromatic N) is 2. The Bertz CT molecular complexity index is 1480. The van der Waals surface area contributed by atoms with Crippen LogP contribution in [0.3, 0.4) is 0 Å². The van der Waals surface area contributed by atoms with Gasteiger partial charge in [-0.2, -0.15) is 0 Å². The molecule has 0 bridgehead atoms. The Morgan fingerprint density at radius 3 is 2.38 bits per heavy atom. The predicted molar refractivity (Wildman–Crippen MR) is 132 cm³/mol. The lowest BCUT2D eigenvalue weighted by molar-refractivity contribution is -0.122. The van der Waals surface area contributed by atoms with E-state index < -0.39 is 17.8 Å². The van der Waals surface area contributed by atoms with Crippen LogP contribution in [0, 0.1) is 13.8 Å². The van der Waals surface area contributed by atoms with E-state index in [4.69, 9.17) is 0 Å². The number of anilines is 1. The summed E-state index contributed by atoms with van der Waals surface area (Å²) in [6.07, 6.45) is 3.51. The molecule has 0 atom stereocenters. The fourth-order valence-corrected chi connectivity index (χ4v) is 4.39. The van der Waals surface area contributed by atoms with Crippen LogP contribution in [-0.4, -0.2) is 22.4 Å². The van der Waals surface area contributed by atoms with Gasteiger partial charge in [0.05, 0.1) is 5.69 Å². The fraction of sp³-hybridized carbons (Fsp3) is 0.107. The van der Waals surface area contributed by atoms with Gasteiger partial charge in [0.25, 0.3) is 11.8 Å². The van der Waals surface area contributed by atoms with Crippen molar-refractivity contribution in [2.24, 2.45) is 0 Å². The maximum absolute atomic E-state index is 13.4. The van der Waals surface area contributed by atoms with E-state index in [2.05, 4.69) is 22.0 Å². The van der Waals surface area contributed by atoms with Gasteiger partial charge in [-0.1, -0.05) is 66.2 Å². The first kappa shape index (κ1) is 21.4. The molecule has 0 saturated carbocycles. The highest BCUT2D eigenvalue weighted by atomic mass is 16.2. The first-order valence-electron chi connectivity index (χ1n) is 11.0. The average Bonchev–Trinajstić information content (AvgIpc) is 3.16. The van der Waals surface area contributed by atoms with Crippen molar-refractivity contribution in [3.05, 3.63) is 107 Å². The second-order valence-corrected chi connectivity index (χ2v) is 8.46. The number of para-hydroxylation sites is 1. The van der Waals surface area contributed by atoms with E-state index in [0.717, 1.165) is 38.1 Å². The van der Waals surface area contributed by atoms with Crippen LogP contribution in [0.2, 0.25) is 0 Å². The molecule has 4 amide bonds. The van der Waals surface area contributed by atoms with Crippen LogP contribution in [-0.2, 0) is 16.1 Å². The standard InChI is InChI=1S/C28H23N3O3/c1-18-12-13-24(19(2)14-18)31-27(33)23(26(32)29-28(31)34)15-21-17-30(16-20-8-4-3-5-9-20)25-11-7-6-10-22(21)25/h3-15,17H,16H2,1-2H3,(H,29,32,34)/b23-15+. The Hall–Kier alpha value is -4.45. The molecule has 1 aromatic heterocycles. The molecule has 1 N–H and O–H groups in total. The largest absolute Gasteiger partial charge is 0.342 e. The molecule has 0 unspecified atom stereocenters. The topological polar surface area (TPSA) is 71.4 Å². The highest BCUT2D eigenvalue weighted by Gasteiger charge is 2.37. The number of fused-ring (bicyclic) bond motifs is 1. The Labute approximate surface area is 197 Å². The molecule has 0 spiro atoms. The predicted octanol–water partition coefficient (Wildman–Crippen LogP) is 4.97. The molecule has 168 valence electrons. The number of barbiturate groups is 1. The number of carbonyl (C=O) groups is 3. The number of nitrogens with one attached hydrogen (secondary N) is 1. The third-order valence-electron chi connectivity index (χ3n) is 6.01. The number of carbonyl (C=O) groups excluding carboxylic acids is 3. The van der Waals surface area contributed by atoms with Gasteiger partial charge >= 0.3 is 6.03 Å². The minimum atomic E-state index is -0.745. The summed E-state index contributed by atoms with van der Waals surface area (Å²) in [6, 6.07) is 22.6. The summed E-state index contributed by atoms with van der Waals surface area (Å²) in [7, 11) is 0. The van der Waals surface area contributed by atoms with Crippen LogP contribution in [0.4, 0.5) is 10.5 Å². The van der Waals surface area contributed by atoms with E-state index in [-0.39, 0.29) is 5.57 Å². The van der Waals surface area contributed by atoms with Gasteiger partial charge in [-0.3, -0.25) is 14.9 Å². The van der Waals surface area contributed by atoms with Crippen molar-refractivity contribution in [1.29, 1.82) is 0 Å². The van der Waals surface area contributed by atoms with Gasteiger partial charge in [-0.15, -0.1) is 0 Å². The van der Waals surface area contributed by atoms with E-state index in [9.17, 15) is 14.4 Å². The second-order valence-electron chi connectivity index (χ2n) is 8.46. The molecule has 1 aliphatic heterocycles. The average molecular weight is 450 g/mol. The zero-order valence-electron chi connectivity index (χ0n) is 18.9. The summed E-state index contributed by atoms with van der Waals surface area (Å²) in [6.45, 7) is 4.42. The minimum absolute atomic E-state index is 0.0813. The first-order chi connectivity index (χ1) is 16.4. The zero-order chi connectivity index (χ0) is 23.8. The highest BCUT2D eigenvalue weighted by molar-refractivity contribution is 6.39. The monoisotopic (exact) mass is 449 g/mol. The van der Waals surface area contributed by atoms with Crippen molar-refractivity contribution in [2.75, 3.05) is 4.90 Å². The Kier molecular flexibility index (Phi) is 5.34. The maximum atomic E-state index is 13.4. The number of aromatic nitrogens is 1. The quantitative estimate of drug-likeness (QED) is 0.353. The van der Waals surface area contributed by atoms with Crippen LogP contribution in [0.15, 0.2) is 84.6 Å². The molecule has 5 rings (SSSR count). The van der Waals surface area contributed by atoms with Gasteiger partial charge in [0.15, 0.2) is 0 Å². The van der Waals surface area contributed by atoms with E-state index in [1.165, 1.54) is 0 Å². The Morgan fingerprint density at radius 2 is 1.62 bits per heavy atom. The third kappa shape index (κ3) is 3.79. The zero-order valence-corrected chi connectivity index (χ0v) is 18.9. The van der Waals surface area contributed by atoms with E-state index >= 15 is 0 Å². The summed E-state index contributed by atoms with van der Waals surface area (Å²) in [5, 5.41) is 3.24. The highest BCUT2D eigenvalue weighted by Crippen LogP contribution is 2.28. The van der Waals surface area contributed by atoms with Crippen molar-refractivity contribution in [3.63, 3.8) is 0 Å². The number of rotatable bonds is 4. The molecule has 1 aliphatic rings. The molecule has 34 heavy (non-hydrogen) atoms. The van der Waals surface area contributed by atoms with E-state index in [1.807, 2.05) is 74.6 Å². The van der Waals surface area contributed by atoms with Crippen LogP contribution < -0.4 is 10.2 Å². The fourth-order valence-electron chi connectivity index (χ4n) is 4.39. The maximum Gasteiger partial charge on any atom is 0.335 e. The first-order valence-corrected chi connectivity index (χ1v) is 11.0. The van der Waals surface area contributed by atoms with Crippen molar-refractivity contribution in [3.8, 4) is 0 Å². The number of urea groups is 1. The van der Waals surface area contributed by atoms with Crippen LogP contribution >= 0.6 is 0 Å². The lowest BCUT2D eigenvalue weighted by Crippen LogP contribution is -2.54. The molecule has 6 heteroatoms. The molecule has 4 aromatic rings. The SMILES string of the molecule is Cc1ccc(N2C(=O)NC(=O)/C(=C\c3cn(Cc4ccccc4)c4ccccc34)C2=O)c(C)c1. The number of aryl methyl sites for hydroxylation is 2. The molecule has 1 fully saturated rings. The third-order valence-corrected chi connectivity index (χ3v) is 6.01. The Morgan fingerprint density at radius 1 is 0.882 bits per heavy atom. The van der Waals surface area contributed by atoms with Crippen LogP contribution in [0.5, 0.6) is 0 Å². The summed E-state index contributed by atoms with van der Waals surface area (Å²) in [4.78, 5) is 39.8. The van der Waals surface area contributed by atoms with Gasteiger partial charge in [-0.05, 0) is 43.2 Å². The van der Waals surface area contributed by atoms with Gasteiger partial charge in [-0.25, -0.2) is 9.69 Å². The van der Waals surface area contributed by atoms with Crippen molar-refractivity contribution in [1.82, 2.24) is 9.88 Å². The molecule has 0 aliphatic carbocycles. The van der Waals surface area contributed by atoms with Crippen LogP contribution in [0.1, 0.15) is 22.3 Å². The number of imide groups is 2. The number of benzene rings is 3. The van der Waals surface area contributed by atoms with E-state index in [1.54, 1.807) is 12.1 Å². The minimum Gasteiger partial charge on any atom is -0.342 e. The molecule has 2 heterocycles. The van der Waals surface area contributed by atoms with Crippen LogP contribution in [0.25, 0.3) is 17.0 Å². The van der Waals surface area contributed by atoms with Gasteiger partial charge in [0, 0.05) is 29.2 Å². The normalized spacial score (nSPS) is 15.3. The van der Waals surface area contributed by atoms with Gasteiger partial charge in [0.1, 0.15) is 5.57 Å². The summed E-state index contributed by atoms with van der Waals surface area (Å²) >= 11 is 0. The molecule has 0 radical (unpaired) electrons. The summed E-state index contributed by atoms with van der Waals surface area (Å²) < 4.78 is 2.09. The van der Waals surface area contributed by atoms with E-state index in [0.29, 0.717) is 12.2 Å². The number of hydrogen-bond donors (Lipinski definition) is 1. The number of amides is 4. The molecular weight excluding hydrogens is 426 g/mol. The smallest absolute Gasteiger partial charge is 0.335 e. The second kappa shape index (κ2) is 8.48. The lowest BCUT2D eigenvalue weighted by Gasteiger charge is -2.27. The Balaban J connectivity index is 1.58. The molecule has 3 aromatic carbocycles. The lowest BCUT2D eigenvalue weighted by atomic mass is 10.0. The van der Waals surface area contributed by atoms with Gasteiger partial charge in [0.2, 0.25) is 0 Å². The molecule has 1 saturated heterocycles. The van der Waals surface area contributed by atoms with Crippen molar-refractivity contribution >= 4 is 40.5 Å². The summed E-state index contributed by atoms with van der Waals surface area (Å²) in [5.74, 6) is -1.34. The number of hydrogen-bond acceptors (Lipinski definition) is 3. The van der Waals surface area contributed by atoms with Gasteiger partial charge < -0.3 is 4.57 Å².